The summed E-state index contributed by atoms with van der Waals surface area (Å²) in [7, 11) is -2.01. The maximum Gasteiger partial charge on any atom is 0.253 e. The van der Waals surface area contributed by atoms with Gasteiger partial charge in [-0.15, -0.1) is 11.3 Å². The standard InChI is InChI=1S/C10H11N3O3S2/c1-12-4-5-13(7-9(12)14)18(15,16)10-3-2-8(6-11)17-10/h2-3H,4-5,7H2,1H3. The van der Waals surface area contributed by atoms with Gasteiger partial charge >= 0.3 is 0 Å². The van der Waals surface area contributed by atoms with Crippen molar-refractivity contribution in [2.24, 2.45) is 0 Å². The van der Waals surface area contributed by atoms with Gasteiger partial charge in [-0.2, -0.15) is 9.57 Å². The summed E-state index contributed by atoms with van der Waals surface area (Å²) >= 11 is 0.920. The first-order valence-corrected chi connectivity index (χ1v) is 7.45. The summed E-state index contributed by atoms with van der Waals surface area (Å²) in [5, 5.41) is 8.69. The number of nitriles is 1. The lowest BCUT2D eigenvalue weighted by atomic mass is 10.4. The number of carbonyl (C=O) groups excluding carboxylic acids is 1. The third-order valence-corrected chi connectivity index (χ3v) is 6.01. The second-order valence-corrected chi connectivity index (χ2v) is 7.13. The number of amides is 1. The van der Waals surface area contributed by atoms with E-state index in [9.17, 15) is 13.2 Å². The Hall–Kier alpha value is -1.43. The molecular weight excluding hydrogens is 274 g/mol. The number of carbonyl (C=O) groups is 1. The monoisotopic (exact) mass is 285 g/mol. The normalized spacial score (nSPS) is 17.8. The fourth-order valence-corrected chi connectivity index (χ4v) is 4.23. The zero-order chi connectivity index (χ0) is 13.3. The van der Waals surface area contributed by atoms with Crippen LogP contribution in [-0.2, 0) is 14.8 Å². The SMILES string of the molecule is CN1CCN(S(=O)(=O)c2ccc(C#N)s2)CC1=O. The molecule has 0 N–H and O–H groups in total. The van der Waals surface area contributed by atoms with Crippen molar-refractivity contribution in [3.05, 3.63) is 17.0 Å². The van der Waals surface area contributed by atoms with Crippen molar-refractivity contribution in [2.45, 2.75) is 4.21 Å². The highest BCUT2D eigenvalue weighted by Crippen LogP contribution is 2.25. The van der Waals surface area contributed by atoms with Crippen LogP contribution < -0.4 is 0 Å². The van der Waals surface area contributed by atoms with E-state index in [0.29, 0.717) is 11.4 Å². The first kappa shape index (κ1) is 13.0. The molecule has 96 valence electrons. The number of hydrogen-bond donors (Lipinski definition) is 0. The largest absolute Gasteiger partial charge is 0.343 e. The summed E-state index contributed by atoms with van der Waals surface area (Å²) in [5.74, 6) is -0.220. The predicted molar refractivity (Wildman–Crippen MR) is 65.4 cm³/mol. The molecule has 0 saturated carbocycles. The molecule has 1 aromatic rings. The summed E-state index contributed by atoms with van der Waals surface area (Å²) in [6, 6.07) is 4.77. The van der Waals surface area contributed by atoms with Gasteiger partial charge in [-0.05, 0) is 12.1 Å². The van der Waals surface area contributed by atoms with Gasteiger partial charge < -0.3 is 4.90 Å². The molecule has 18 heavy (non-hydrogen) atoms. The van der Waals surface area contributed by atoms with Crippen LogP contribution in [0.15, 0.2) is 16.3 Å². The van der Waals surface area contributed by atoms with Gasteiger partial charge in [0.1, 0.15) is 15.2 Å². The minimum Gasteiger partial charge on any atom is -0.343 e. The number of piperazine rings is 1. The van der Waals surface area contributed by atoms with Crippen LogP contribution in [0.5, 0.6) is 0 Å². The van der Waals surface area contributed by atoms with E-state index in [1.807, 2.05) is 6.07 Å². The average Bonchev–Trinajstić information content (AvgIpc) is 2.81. The van der Waals surface area contributed by atoms with Crippen LogP contribution in [0.4, 0.5) is 0 Å². The molecule has 0 atom stereocenters. The Labute approximate surface area is 109 Å². The predicted octanol–water partition coefficient (Wildman–Crippen LogP) is 0.0825. The smallest absolute Gasteiger partial charge is 0.253 e. The topological polar surface area (TPSA) is 81.5 Å². The molecule has 6 nitrogen and oxygen atoms in total. The summed E-state index contributed by atoms with van der Waals surface area (Å²) in [4.78, 5) is 13.4. The van der Waals surface area contributed by atoms with E-state index in [0.717, 1.165) is 15.6 Å². The Balaban J connectivity index is 2.27. The molecule has 1 fully saturated rings. The van der Waals surface area contributed by atoms with Crippen LogP contribution in [0.3, 0.4) is 0 Å². The molecule has 2 heterocycles. The Bertz CT molecular complexity index is 615. The number of likely N-dealkylation sites (N-methyl/N-ethyl adjacent to an activating group) is 1. The minimum absolute atomic E-state index is 0.108. The van der Waals surface area contributed by atoms with Gasteiger partial charge in [0.25, 0.3) is 10.0 Å². The lowest BCUT2D eigenvalue weighted by molar-refractivity contribution is -0.132. The van der Waals surface area contributed by atoms with Gasteiger partial charge in [0, 0.05) is 20.1 Å². The molecular formula is C10H11N3O3S2. The molecule has 0 bridgehead atoms. The van der Waals surface area contributed by atoms with Crippen molar-refractivity contribution in [3.8, 4) is 6.07 Å². The molecule has 1 aromatic heterocycles. The van der Waals surface area contributed by atoms with Crippen LogP contribution in [-0.4, -0.2) is 50.2 Å². The molecule has 0 aliphatic carbocycles. The molecule has 8 heteroatoms. The summed E-state index contributed by atoms with van der Waals surface area (Å²) < 4.78 is 25.7. The van der Waals surface area contributed by atoms with Gasteiger partial charge in [0.2, 0.25) is 5.91 Å². The van der Waals surface area contributed by atoms with Crippen LogP contribution in [0, 0.1) is 11.3 Å². The van der Waals surface area contributed by atoms with Crippen molar-refractivity contribution in [1.29, 1.82) is 5.26 Å². The molecule has 0 aromatic carbocycles. The van der Waals surface area contributed by atoms with Gasteiger partial charge in [-0.1, -0.05) is 0 Å². The molecule has 0 radical (unpaired) electrons. The van der Waals surface area contributed by atoms with Crippen LogP contribution >= 0.6 is 11.3 Å². The lowest BCUT2D eigenvalue weighted by Gasteiger charge is -2.30. The molecule has 1 aliphatic heterocycles. The maximum absolute atomic E-state index is 12.2. The zero-order valence-corrected chi connectivity index (χ0v) is 11.3. The van der Waals surface area contributed by atoms with Crippen LogP contribution in [0.1, 0.15) is 4.88 Å². The number of sulfonamides is 1. The molecule has 1 saturated heterocycles. The quantitative estimate of drug-likeness (QED) is 0.770. The van der Waals surface area contributed by atoms with Crippen molar-refractivity contribution in [2.75, 3.05) is 26.7 Å². The van der Waals surface area contributed by atoms with Crippen molar-refractivity contribution >= 4 is 27.3 Å². The van der Waals surface area contributed by atoms with Crippen molar-refractivity contribution in [3.63, 3.8) is 0 Å². The number of rotatable bonds is 2. The number of thiophene rings is 1. The van der Waals surface area contributed by atoms with Crippen LogP contribution in [0.2, 0.25) is 0 Å². The second kappa shape index (κ2) is 4.68. The fraction of sp³-hybridized carbons (Fsp3) is 0.400. The lowest BCUT2D eigenvalue weighted by Crippen LogP contribution is -2.50. The summed E-state index contributed by atoms with van der Waals surface area (Å²) in [6.07, 6.45) is 0. The van der Waals surface area contributed by atoms with Crippen molar-refractivity contribution < 1.29 is 13.2 Å². The van der Waals surface area contributed by atoms with E-state index in [4.69, 9.17) is 5.26 Å². The highest BCUT2D eigenvalue weighted by atomic mass is 32.2. The average molecular weight is 285 g/mol. The molecule has 0 unspecified atom stereocenters. The first-order chi connectivity index (χ1) is 8.45. The van der Waals surface area contributed by atoms with E-state index in [1.54, 1.807) is 7.05 Å². The Kier molecular flexibility index (Phi) is 3.38. The second-order valence-electron chi connectivity index (χ2n) is 3.88. The molecule has 0 spiro atoms. The zero-order valence-electron chi connectivity index (χ0n) is 9.66. The maximum atomic E-state index is 12.2. The molecule has 1 amide bonds. The Morgan fingerprint density at radius 3 is 2.67 bits per heavy atom. The number of nitrogens with zero attached hydrogens (tertiary/aromatic N) is 3. The highest BCUT2D eigenvalue weighted by Gasteiger charge is 2.32. The van der Waals surface area contributed by atoms with Gasteiger partial charge in [0.05, 0.1) is 6.54 Å². The highest BCUT2D eigenvalue weighted by molar-refractivity contribution is 7.91. The van der Waals surface area contributed by atoms with E-state index in [1.165, 1.54) is 17.0 Å². The van der Waals surface area contributed by atoms with E-state index in [2.05, 4.69) is 0 Å². The van der Waals surface area contributed by atoms with Crippen molar-refractivity contribution in [1.82, 2.24) is 9.21 Å². The van der Waals surface area contributed by atoms with E-state index < -0.39 is 10.0 Å². The van der Waals surface area contributed by atoms with Gasteiger partial charge in [0.15, 0.2) is 0 Å². The van der Waals surface area contributed by atoms with E-state index in [-0.39, 0.29) is 23.2 Å². The van der Waals surface area contributed by atoms with E-state index >= 15 is 0 Å². The van der Waals surface area contributed by atoms with Gasteiger partial charge in [-0.25, -0.2) is 8.42 Å². The molecule has 1 aliphatic rings. The third kappa shape index (κ3) is 2.25. The number of hydrogen-bond acceptors (Lipinski definition) is 5. The third-order valence-electron chi connectivity index (χ3n) is 2.71. The van der Waals surface area contributed by atoms with Crippen LogP contribution in [0.25, 0.3) is 0 Å². The Morgan fingerprint density at radius 2 is 2.11 bits per heavy atom. The fourth-order valence-electron chi connectivity index (χ4n) is 1.59. The first-order valence-electron chi connectivity index (χ1n) is 5.19. The molecule has 2 rings (SSSR count). The van der Waals surface area contributed by atoms with Gasteiger partial charge in [-0.3, -0.25) is 4.79 Å². The summed E-state index contributed by atoms with van der Waals surface area (Å²) in [5.41, 5.74) is 0. The minimum atomic E-state index is -3.65. The Morgan fingerprint density at radius 1 is 1.39 bits per heavy atom. The summed E-state index contributed by atoms with van der Waals surface area (Å²) in [6.45, 7) is 0.525.